The van der Waals surface area contributed by atoms with Crippen molar-refractivity contribution in [3.05, 3.63) is 163 Å². The summed E-state index contributed by atoms with van der Waals surface area (Å²) in [6.07, 6.45) is 3.91. The van der Waals surface area contributed by atoms with E-state index >= 15 is 0 Å². The summed E-state index contributed by atoms with van der Waals surface area (Å²) >= 11 is 0. The van der Waals surface area contributed by atoms with E-state index in [-0.39, 0.29) is 25.5 Å². The van der Waals surface area contributed by atoms with Gasteiger partial charge in [-0.05, 0) is 53.2 Å². The van der Waals surface area contributed by atoms with Crippen LogP contribution >= 0.6 is 0 Å². The summed E-state index contributed by atoms with van der Waals surface area (Å²) in [7, 11) is -1.27. The standard InChI is InChI=1S/C34H26N3O.C15H18NSi.Ir/c1-34(2,3)32-30-28(20-21-35-32)36-33(27-14-9-13-26-25-12-7-8-15-29(25)38-31(26)27)37(30)24-18-16-23(17-19-24)22-10-5-4-6-11-22;1-12-10-14(13-8-6-5-7-9-13)16-11-15(12)17(2,3)4;/h4-13,15-21H,1-3H3;5-8,10-11H,1-4H3;/q2*-1;. The normalized spacial score (nSPS) is 11.7. The molecule has 0 fully saturated rings. The van der Waals surface area contributed by atoms with E-state index in [4.69, 9.17) is 14.4 Å². The van der Waals surface area contributed by atoms with Crippen molar-refractivity contribution in [3.8, 4) is 39.5 Å². The van der Waals surface area contributed by atoms with Crippen molar-refractivity contribution in [2.75, 3.05) is 0 Å². The largest absolute Gasteiger partial charge is 0.501 e. The van der Waals surface area contributed by atoms with Crippen molar-refractivity contribution in [1.29, 1.82) is 0 Å². The van der Waals surface area contributed by atoms with Gasteiger partial charge >= 0.3 is 0 Å². The fourth-order valence-electron chi connectivity index (χ4n) is 7.32. The molecule has 0 saturated heterocycles. The molecule has 0 saturated carbocycles. The fraction of sp³-hybridized carbons (Fsp3) is 0.163. The van der Waals surface area contributed by atoms with Gasteiger partial charge in [0, 0.05) is 49.0 Å². The second kappa shape index (κ2) is 15.6. The van der Waals surface area contributed by atoms with Gasteiger partial charge in [0.05, 0.1) is 36.2 Å². The van der Waals surface area contributed by atoms with Crippen LogP contribution in [0.5, 0.6) is 0 Å². The van der Waals surface area contributed by atoms with Crippen molar-refractivity contribution in [1.82, 2.24) is 19.5 Å². The maximum atomic E-state index is 6.40. The minimum absolute atomic E-state index is 0. The number of rotatable bonds is 5. The van der Waals surface area contributed by atoms with Crippen molar-refractivity contribution < 1.29 is 24.5 Å². The van der Waals surface area contributed by atoms with Crippen LogP contribution in [0.1, 0.15) is 32.0 Å². The van der Waals surface area contributed by atoms with Gasteiger partial charge in [0.15, 0.2) is 0 Å². The number of aromatic nitrogens is 4. The first-order chi connectivity index (χ1) is 26.5. The predicted octanol–water partition coefficient (Wildman–Crippen LogP) is 12.2. The van der Waals surface area contributed by atoms with Crippen molar-refractivity contribution in [2.45, 2.75) is 52.8 Å². The molecule has 0 N–H and O–H groups in total. The molecule has 0 atom stereocenters. The van der Waals surface area contributed by atoms with Gasteiger partial charge in [-0.3, -0.25) is 9.97 Å². The smallest absolute Gasteiger partial charge is 0.120 e. The van der Waals surface area contributed by atoms with Gasteiger partial charge in [0.1, 0.15) is 5.58 Å². The second-order valence-electron chi connectivity index (χ2n) is 16.1. The fourth-order valence-corrected chi connectivity index (χ4v) is 9.03. The number of furan rings is 1. The Labute approximate surface area is 343 Å². The van der Waals surface area contributed by atoms with E-state index in [9.17, 15) is 0 Å². The molecule has 9 rings (SSSR count). The molecule has 0 bridgehead atoms. The number of aryl methyl sites for hydroxylation is 1. The molecule has 281 valence electrons. The second-order valence-corrected chi connectivity index (χ2v) is 21.1. The van der Waals surface area contributed by atoms with Crippen LogP contribution in [0.2, 0.25) is 19.6 Å². The average molecular weight is 925 g/mol. The zero-order chi connectivity index (χ0) is 38.3. The maximum absolute atomic E-state index is 6.40. The molecule has 56 heavy (non-hydrogen) atoms. The van der Waals surface area contributed by atoms with Gasteiger partial charge in [-0.25, -0.2) is 0 Å². The van der Waals surface area contributed by atoms with Gasteiger partial charge in [-0.15, -0.1) is 54.1 Å². The quantitative estimate of drug-likeness (QED) is 0.127. The Balaban J connectivity index is 0.000000225. The van der Waals surface area contributed by atoms with E-state index in [1.54, 1.807) is 0 Å². The molecule has 7 heteroatoms. The van der Waals surface area contributed by atoms with Crippen LogP contribution in [0.25, 0.3) is 72.4 Å². The zero-order valence-corrected chi connectivity index (χ0v) is 36.2. The maximum Gasteiger partial charge on any atom is 0.120 e. The number of hydrogen-bond acceptors (Lipinski definition) is 4. The first-order valence-corrected chi connectivity index (χ1v) is 22.3. The topological polar surface area (TPSA) is 56.7 Å². The summed E-state index contributed by atoms with van der Waals surface area (Å²) in [5, 5.41) is 3.59. The summed E-state index contributed by atoms with van der Waals surface area (Å²) in [6.45, 7) is 15.8. The van der Waals surface area contributed by atoms with Crippen molar-refractivity contribution in [3.63, 3.8) is 0 Å². The monoisotopic (exact) mass is 925 g/mol. The predicted molar refractivity (Wildman–Crippen MR) is 231 cm³/mol. The molecule has 0 spiro atoms. The van der Waals surface area contributed by atoms with Crippen LogP contribution in [0.3, 0.4) is 0 Å². The SMILES string of the molecule is CC(C)(C)c1nccc2nc(-c3[c-]ccc4c3oc3ccccc34)n(-c3ccc(-c4ccccc4)cc3)c12.Cc1cc(-c2[c-]cccc2)ncc1[Si](C)(C)C.[Ir]. The summed E-state index contributed by atoms with van der Waals surface area (Å²) < 4.78 is 8.62. The number of para-hydroxylation sites is 1. The van der Waals surface area contributed by atoms with Gasteiger partial charge in [-0.1, -0.05) is 124 Å². The summed E-state index contributed by atoms with van der Waals surface area (Å²) in [5.41, 5.74) is 12.0. The first-order valence-electron chi connectivity index (χ1n) is 18.8. The van der Waals surface area contributed by atoms with Crippen LogP contribution in [0.15, 0.2) is 144 Å². The van der Waals surface area contributed by atoms with E-state index in [0.717, 1.165) is 67.0 Å². The molecule has 1 radical (unpaired) electrons. The van der Waals surface area contributed by atoms with Gasteiger partial charge in [0.25, 0.3) is 0 Å². The molecule has 0 aliphatic carbocycles. The molecule has 0 aliphatic heterocycles. The molecule has 0 amide bonds. The molecular formula is C49H44IrN4OSi-2. The van der Waals surface area contributed by atoms with Crippen LogP contribution in [0, 0.1) is 19.1 Å². The van der Waals surface area contributed by atoms with Crippen LogP contribution in [0.4, 0.5) is 0 Å². The molecule has 0 unspecified atom stereocenters. The number of imidazole rings is 1. The average Bonchev–Trinajstić information content (AvgIpc) is 3.77. The van der Waals surface area contributed by atoms with Crippen molar-refractivity contribution in [2.24, 2.45) is 0 Å². The zero-order valence-electron chi connectivity index (χ0n) is 32.8. The number of nitrogens with zero attached hydrogens (tertiary/aromatic N) is 4. The third-order valence-corrected chi connectivity index (χ3v) is 12.1. The Morgan fingerprint density at radius 1 is 0.714 bits per heavy atom. The van der Waals surface area contributed by atoms with Gasteiger partial charge in [0.2, 0.25) is 0 Å². The molecule has 4 aromatic heterocycles. The minimum atomic E-state index is -1.27. The van der Waals surface area contributed by atoms with Crippen LogP contribution in [-0.2, 0) is 25.5 Å². The number of fused-ring (bicyclic) bond motifs is 4. The summed E-state index contributed by atoms with van der Waals surface area (Å²) in [4.78, 5) is 14.6. The Bertz CT molecular complexity index is 2780. The minimum Gasteiger partial charge on any atom is -0.501 e. The summed E-state index contributed by atoms with van der Waals surface area (Å²) in [5.74, 6) is 0.788. The number of pyridine rings is 2. The molecule has 9 aromatic rings. The molecule has 5 aromatic carbocycles. The van der Waals surface area contributed by atoms with Crippen LogP contribution < -0.4 is 5.19 Å². The van der Waals surface area contributed by atoms with Crippen molar-refractivity contribution >= 4 is 46.2 Å². The molecular weight excluding hydrogens is 881 g/mol. The first kappa shape index (κ1) is 38.8. The number of benzene rings is 5. The van der Waals surface area contributed by atoms with E-state index in [1.165, 1.54) is 21.9 Å². The van der Waals surface area contributed by atoms with Crippen LogP contribution in [-0.4, -0.2) is 27.6 Å². The van der Waals surface area contributed by atoms with Gasteiger partial charge < -0.3 is 14.0 Å². The molecule has 0 aliphatic rings. The Morgan fingerprint density at radius 3 is 2.12 bits per heavy atom. The van der Waals surface area contributed by atoms with Gasteiger partial charge in [-0.2, -0.15) is 0 Å². The van der Waals surface area contributed by atoms with E-state index in [1.807, 2.05) is 60.8 Å². The Morgan fingerprint density at radius 2 is 1.43 bits per heavy atom. The van der Waals surface area contributed by atoms with E-state index in [0.29, 0.717) is 0 Å². The molecule has 4 heterocycles. The third-order valence-electron chi connectivity index (χ3n) is 9.97. The Kier molecular flexibility index (Phi) is 10.8. The molecule has 5 nitrogen and oxygen atoms in total. The summed E-state index contributed by atoms with van der Waals surface area (Å²) in [6, 6.07) is 50.1. The van der Waals surface area contributed by atoms with E-state index < -0.39 is 8.07 Å². The number of hydrogen-bond donors (Lipinski definition) is 0. The Hall–Kier alpha value is -5.46. The van der Waals surface area contributed by atoms with E-state index in [2.05, 4.69) is 148 Å². The third kappa shape index (κ3) is 7.55.